The lowest BCUT2D eigenvalue weighted by Crippen LogP contribution is -2.11. The van der Waals surface area contributed by atoms with Crippen LogP contribution in [0.3, 0.4) is 0 Å². The van der Waals surface area contributed by atoms with Gasteiger partial charge in [-0.1, -0.05) is 12.1 Å². The number of hydrogen-bond donors (Lipinski definition) is 2. The predicted octanol–water partition coefficient (Wildman–Crippen LogP) is 3.95. The lowest BCUT2D eigenvalue weighted by molar-refractivity contribution is 0.678. The fourth-order valence-corrected chi connectivity index (χ4v) is 3.88. The van der Waals surface area contributed by atoms with Crippen molar-refractivity contribution in [3.8, 4) is 6.07 Å². The summed E-state index contributed by atoms with van der Waals surface area (Å²) in [6.45, 7) is 0. The molecule has 0 spiro atoms. The summed E-state index contributed by atoms with van der Waals surface area (Å²) in [4.78, 5) is 3.57. The van der Waals surface area contributed by atoms with Crippen LogP contribution < -0.4 is 5.14 Å². The third-order valence-corrected chi connectivity index (χ3v) is 5.71. The molecule has 0 bridgehead atoms. The van der Waals surface area contributed by atoms with E-state index in [1.807, 2.05) is 12.1 Å². The second-order valence-electron chi connectivity index (χ2n) is 6.05. The average molecular weight is 336 g/mol. The van der Waals surface area contributed by atoms with Crippen molar-refractivity contribution in [2.24, 2.45) is 9.50 Å². The number of nitrogens with one attached hydrogen (secondary N) is 1. The Balaban J connectivity index is 1.78. The molecule has 24 heavy (non-hydrogen) atoms. The maximum atomic E-state index is 12.9. The smallest absolute Gasteiger partial charge is 0.139 e. The van der Waals surface area contributed by atoms with E-state index >= 15 is 0 Å². The Morgan fingerprint density at radius 1 is 1.21 bits per heavy atom. The SMILES string of the molecule is N#Cc1ccc2[nH]cc(N=S(N)(=O)c3ccc(C4CC4)cc3)c2c1. The summed E-state index contributed by atoms with van der Waals surface area (Å²) in [7, 11) is -3.04. The minimum atomic E-state index is -3.04. The number of fused-ring (bicyclic) bond motifs is 1. The van der Waals surface area contributed by atoms with Gasteiger partial charge < -0.3 is 4.98 Å². The topological polar surface area (TPSA) is 95.0 Å². The van der Waals surface area contributed by atoms with Crippen molar-refractivity contribution >= 4 is 26.5 Å². The second-order valence-corrected chi connectivity index (χ2v) is 7.84. The summed E-state index contributed by atoms with van der Waals surface area (Å²) >= 11 is 0. The molecule has 1 atom stereocenters. The summed E-state index contributed by atoms with van der Waals surface area (Å²) in [6.07, 6.45) is 4.10. The van der Waals surface area contributed by atoms with Gasteiger partial charge in [0.2, 0.25) is 0 Å². The van der Waals surface area contributed by atoms with Crippen molar-refractivity contribution in [3.05, 3.63) is 59.8 Å². The molecule has 2 aromatic carbocycles. The van der Waals surface area contributed by atoms with E-state index in [1.54, 1.807) is 36.5 Å². The van der Waals surface area contributed by atoms with Gasteiger partial charge in [0, 0.05) is 17.1 Å². The van der Waals surface area contributed by atoms with Crippen LogP contribution in [0.25, 0.3) is 10.9 Å². The summed E-state index contributed by atoms with van der Waals surface area (Å²) in [5, 5.41) is 15.8. The Hall–Kier alpha value is -2.62. The van der Waals surface area contributed by atoms with Gasteiger partial charge in [-0.2, -0.15) is 9.62 Å². The Bertz CT molecular complexity index is 1080. The predicted molar refractivity (Wildman–Crippen MR) is 94.1 cm³/mol. The van der Waals surface area contributed by atoms with Crippen LogP contribution in [0, 0.1) is 11.3 Å². The fourth-order valence-electron chi connectivity index (χ4n) is 2.80. The van der Waals surface area contributed by atoms with Crippen LogP contribution in [0.1, 0.15) is 29.9 Å². The van der Waals surface area contributed by atoms with Crippen molar-refractivity contribution in [1.29, 1.82) is 5.26 Å². The van der Waals surface area contributed by atoms with Gasteiger partial charge in [0.25, 0.3) is 0 Å². The molecule has 0 saturated heterocycles. The lowest BCUT2D eigenvalue weighted by Gasteiger charge is -2.05. The minimum absolute atomic E-state index is 0.501. The maximum absolute atomic E-state index is 12.9. The number of benzene rings is 2. The van der Waals surface area contributed by atoms with E-state index in [0.717, 1.165) is 10.9 Å². The molecule has 0 radical (unpaired) electrons. The van der Waals surface area contributed by atoms with Gasteiger partial charge in [-0.25, -0.2) is 9.35 Å². The van der Waals surface area contributed by atoms with E-state index in [9.17, 15) is 4.21 Å². The molecule has 6 heteroatoms. The number of aromatic amines is 1. The molecule has 1 aliphatic rings. The third kappa shape index (κ3) is 2.68. The van der Waals surface area contributed by atoms with Gasteiger partial charge in [0.1, 0.15) is 9.92 Å². The summed E-state index contributed by atoms with van der Waals surface area (Å²) in [5.74, 6) is 0.642. The number of aromatic nitrogens is 1. The van der Waals surface area contributed by atoms with E-state index in [0.29, 0.717) is 22.1 Å². The second kappa shape index (κ2) is 5.48. The molecule has 5 nitrogen and oxygen atoms in total. The first kappa shape index (κ1) is 14.9. The molecule has 1 heterocycles. The summed E-state index contributed by atoms with van der Waals surface area (Å²) < 4.78 is 17.2. The van der Waals surface area contributed by atoms with E-state index in [2.05, 4.69) is 15.4 Å². The zero-order valence-corrected chi connectivity index (χ0v) is 13.7. The minimum Gasteiger partial charge on any atom is -0.359 e. The van der Waals surface area contributed by atoms with Crippen LogP contribution in [0.4, 0.5) is 5.69 Å². The molecule has 120 valence electrons. The van der Waals surface area contributed by atoms with Crippen molar-refractivity contribution in [2.45, 2.75) is 23.7 Å². The van der Waals surface area contributed by atoms with Crippen molar-refractivity contribution in [2.75, 3.05) is 0 Å². The summed E-state index contributed by atoms with van der Waals surface area (Å²) in [5.41, 5.74) is 3.11. The van der Waals surface area contributed by atoms with Gasteiger partial charge in [-0.15, -0.1) is 0 Å². The van der Waals surface area contributed by atoms with Gasteiger partial charge in [0.15, 0.2) is 0 Å². The molecule has 1 aliphatic carbocycles. The highest BCUT2D eigenvalue weighted by Crippen LogP contribution is 2.40. The first-order valence-electron chi connectivity index (χ1n) is 7.73. The average Bonchev–Trinajstić information content (AvgIpc) is 3.38. The highest BCUT2D eigenvalue weighted by molar-refractivity contribution is 7.91. The molecule has 3 N–H and O–H groups in total. The summed E-state index contributed by atoms with van der Waals surface area (Å²) in [6, 6.07) is 14.9. The van der Waals surface area contributed by atoms with Crippen LogP contribution in [0.2, 0.25) is 0 Å². The highest BCUT2D eigenvalue weighted by Gasteiger charge is 2.23. The molecule has 1 aromatic heterocycles. The Morgan fingerprint density at radius 3 is 2.62 bits per heavy atom. The van der Waals surface area contributed by atoms with Gasteiger partial charge in [0.05, 0.1) is 22.2 Å². The van der Waals surface area contributed by atoms with Crippen LogP contribution in [0.5, 0.6) is 0 Å². The number of rotatable bonds is 3. The maximum Gasteiger partial charge on any atom is 0.139 e. The number of hydrogen-bond acceptors (Lipinski definition) is 3. The largest absolute Gasteiger partial charge is 0.359 e. The number of nitrogens with zero attached hydrogens (tertiary/aromatic N) is 2. The zero-order chi connectivity index (χ0) is 16.7. The van der Waals surface area contributed by atoms with Crippen molar-refractivity contribution in [1.82, 2.24) is 4.98 Å². The monoisotopic (exact) mass is 336 g/mol. The molecule has 0 aliphatic heterocycles. The van der Waals surface area contributed by atoms with Crippen LogP contribution >= 0.6 is 0 Å². The van der Waals surface area contributed by atoms with Crippen molar-refractivity contribution in [3.63, 3.8) is 0 Å². The lowest BCUT2D eigenvalue weighted by atomic mass is 10.1. The first-order valence-corrected chi connectivity index (χ1v) is 9.31. The standard InChI is InChI=1S/C18H16N4OS/c19-10-12-1-8-17-16(9-12)18(11-21-17)22-24(20,23)15-6-4-14(5-7-15)13-2-3-13/h1,4-9,11,13,21H,2-3H2,(H2,20,22,23). The van der Waals surface area contributed by atoms with Gasteiger partial charge >= 0.3 is 0 Å². The molecular formula is C18H16N4OS. The quantitative estimate of drug-likeness (QED) is 0.757. The Labute approximate surface area is 140 Å². The van der Waals surface area contributed by atoms with Crippen LogP contribution in [0.15, 0.2) is 57.9 Å². The number of nitrogens with two attached hydrogens (primary N) is 1. The number of nitriles is 1. The van der Waals surface area contributed by atoms with Crippen molar-refractivity contribution < 1.29 is 4.21 Å². The van der Waals surface area contributed by atoms with Gasteiger partial charge in [-0.3, -0.25) is 0 Å². The Kier molecular flexibility index (Phi) is 3.41. The van der Waals surface area contributed by atoms with E-state index in [4.69, 9.17) is 10.4 Å². The molecule has 1 unspecified atom stereocenters. The van der Waals surface area contributed by atoms with Gasteiger partial charge in [-0.05, 0) is 54.7 Å². The molecular weight excluding hydrogens is 320 g/mol. The van der Waals surface area contributed by atoms with E-state index in [-0.39, 0.29) is 0 Å². The third-order valence-electron chi connectivity index (χ3n) is 4.29. The number of H-pyrrole nitrogens is 1. The van der Waals surface area contributed by atoms with Crippen LogP contribution in [-0.4, -0.2) is 9.19 Å². The molecule has 4 rings (SSSR count). The molecule has 3 aromatic rings. The zero-order valence-electron chi connectivity index (χ0n) is 12.9. The highest BCUT2D eigenvalue weighted by atomic mass is 32.2. The molecule has 0 amide bonds. The van der Waals surface area contributed by atoms with E-state index in [1.165, 1.54) is 18.4 Å². The normalized spacial score (nSPS) is 16.5. The fraction of sp³-hybridized carbons (Fsp3) is 0.167. The molecule has 1 fully saturated rings. The molecule has 1 saturated carbocycles. The first-order chi connectivity index (χ1) is 11.6. The Morgan fingerprint density at radius 2 is 1.96 bits per heavy atom. The van der Waals surface area contributed by atoms with E-state index < -0.39 is 9.92 Å². The van der Waals surface area contributed by atoms with Crippen LogP contribution in [-0.2, 0) is 9.92 Å².